The third-order valence-electron chi connectivity index (χ3n) is 2.89. The summed E-state index contributed by atoms with van der Waals surface area (Å²) in [6.07, 6.45) is 0. The number of nitrogens with zero attached hydrogens (tertiary/aromatic N) is 2. The van der Waals surface area contributed by atoms with E-state index in [1.165, 1.54) is 24.3 Å². The smallest absolute Gasteiger partial charge is 0.263 e. The molecule has 7 heteroatoms. The van der Waals surface area contributed by atoms with Gasteiger partial charge in [-0.3, -0.25) is 0 Å². The summed E-state index contributed by atoms with van der Waals surface area (Å²) in [6, 6.07) is 7.81. The molecule has 1 heterocycles. The largest absolute Gasteiger partial charge is 0.505 e. The quantitative estimate of drug-likeness (QED) is 0.708. The van der Waals surface area contributed by atoms with Gasteiger partial charge in [-0.25, -0.2) is 8.78 Å². The number of halogens is 2. The summed E-state index contributed by atoms with van der Waals surface area (Å²) in [6.45, 7) is 0. The molecule has 0 saturated carbocycles. The second-order valence-corrected chi connectivity index (χ2v) is 4.29. The van der Waals surface area contributed by atoms with Crippen LogP contribution in [0.4, 0.5) is 14.5 Å². The van der Waals surface area contributed by atoms with Crippen molar-refractivity contribution < 1.29 is 18.4 Å². The summed E-state index contributed by atoms with van der Waals surface area (Å²) in [5.41, 5.74) is 6.12. The van der Waals surface area contributed by atoms with E-state index in [1.807, 2.05) is 0 Å². The van der Waals surface area contributed by atoms with Crippen molar-refractivity contribution in [2.24, 2.45) is 0 Å². The average Bonchev–Trinajstić information content (AvgIpc) is 2.91. The minimum atomic E-state index is -0.816. The zero-order valence-electron chi connectivity index (χ0n) is 10.5. The highest BCUT2D eigenvalue weighted by Gasteiger charge is 2.17. The number of anilines is 1. The van der Waals surface area contributed by atoms with Crippen molar-refractivity contribution in [3.8, 4) is 28.6 Å². The number of nitrogen functional groups attached to an aromatic ring is 1. The van der Waals surface area contributed by atoms with Gasteiger partial charge in [0, 0.05) is 11.3 Å². The fraction of sp³-hybridized carbons (Fsp3) is 0. The van der Waals surface area contributed by atoms with Crippen LogP contribution in [0.5, 0.6) is 5.75 Å². The first kappa shape index (κ1) is 13.0. The monoisotopic (exact) mass is 289 g/mol. The Balaban J connectivity index is 2.06. The highest BCUT2D eigenvalue weighted by molar-refractivity contribution is 5.72. The van der Waals surface area contributed by atoms with E-state index in [0.29, 0.717) is 0 Å². The molecule has 0 unspecified atom stereocenters. The maximum atomic E-state index is 13.8. The molecule has 5 nitrogen and oxygen atoms in total. The van der Waals surface area contributed by atoms with Gasteiger partial charge in [0.2, 0.25) is 5.82 Å². The first-order valence-corrected chi connectivity index (χ1v) is 5.93. The van der Waals surface area contributed by atoms with Crippen molar-refractivity contribution in [2.45, 2.75) is 0 Å². The number of phenolic OH excluding ortho intramolecular Hbond substituents is 1. The molecule has 21 heavy (non-hydrogen) atoms. The van der Waals surface area contributed by atoms with Crippen LogP contribution in [0.15, 0.2) is 40.9 Å². The number of hydrogen-bond donors (Lipinski definition) is 2. The lowest BCUT2D eigenvalue weighted by molar-refractivity contribution is 0.428. The summed E-state index contributed by atoms with van der Waals surface area (Å²) in [7, 11) is 0. The van der Waals surface area contributed by atoms with Crippen LogP contribution in [0.2, 0.25) is 0 Å². The van der Waals surface area contributed by atoms with E-state index < -0.39 is 17.4 Å². The van der Waals surface area contributed by atoms with Crippen molar-refractivity contribution >= 4 is 5.69 Å². The SMILES string of the molecule is Nc1cccc(F)c1-c1nc(-c2ccc(O)c(F)c2)no1. The van der Waals surface area contributed by atoms with E-state index in [0.717, 1.165) is 12.1 Å². The second-order valence-electron chi connectivity index (χ2n) is 4.29. The number of rotatable bonds is 2. The summed E-state index contributed by atoms with van der Waals surface area (Å²) < 4.78 is 32.0. The van der Waals surface area contributed by atoms with Gasteiger partial charge in [-0.05, 0) is 30.3 Å². The van der Waals surface area contributed by atoms with E-state index >= 15 is 0 Å². The summed E-state index contributed by atoms with van der Waals surface area (Å²) >= 11 is 0. The Hall–Kier alpha value is -2.96. The topological polar surface area (TPSA) is 85.2 Å². The Bertz CT molecular complexity index is 797. The molecule has 0 aliphatic rings. The van der Waals surface area contributed by atoms with Crippen molar-refractivity contribution in [2.75, 3.05) is 5.73 Å². The number of hydrogen-bond acceptors (Lipinski definition) is 5. The standard InChI is InChI=1S/C14H9F2N3O2/c15-8-2-1-3-10(17)12(8)14-18-13(19-21-14)7-4-5-11(20)9(16)6-7/h1-6,20H,17H2. The van der Waals surface area contributed by atoms with Gasteiger partial charge in [0.1, 0.15) is 5.82 Å². The maximum Gasteiger partial charge on any atom is 0.263 e. The minimum Gasteiger partial charge on any atom is -0.505 e. The van der Waals surface area contributed by atoms with Gasteiger partial charge >= 0.3 is 0 Å². The van der Waals surface area contributed by atoms with Crippen LogP contribution in [0.1, 0.15) is 0 Å². The number of nitrogens with two attached hydrogens (primary N) is 1. The normalized spacial score (nSPS) is 10.8. The van der Waals surface area contributed by atoms with Gasteiger partial charge in [-0.2, -0.15) is 4.98 Å². The number of benzene rings is 2. The molecule has 0 fully saturated rings. The van der Waals surface area contributed by atoms with Crippen LogP contribution in [-0.2, 0) is 0 Å². The molecule has 0 bridgehead atoms. The number of aromatic hydroxyl groups is 1. The van der Waals surface area contributed by atoms with E-state index in [9.17, 15) is 8.78 Å². The molecule has 106 valence electrons. The fourth-order valence-electron chi connectivity index (χ4n) is 1.85. The summed E-state index contributed by atoms with van der Waals surface area (Å²) in [5, 5.41) is 12.8. The number of phenols is 1. The summed E-state index contributed by atoms with van der Waals surface area (Å²) in [5.74, 6) is -1.94. The molecule has 2 aromatic carbocycles. The zero-order chi connectivity index (χ0) is 15.0. The highest BCUT2D eigenvalue weighted by atomic mass is 19.1. The molecular weight excluding hydrogens is 280 g/mol. The molecule has 0 spiro atoms. The van der Waals surface area contributed by atoms with E-state index in [2.05, 4.69) is 10.1 Å². The summed E-state index contributed by atoms with van der Waals surface area (Å²) in [4.78, 5) is 4.00. The highest BCUT2D eigenvalue weighted by Crippen LogP contribution is 2.30. The molecule has 0 aliphatic heterocycles. The van der Waals surface area contributed by atoms with Crippen LogP contribution in [0.3, 0.4) is 0 Å². The first-order valence-electron chi connectivity index (χ1n) is 5.93. The van der Waals surface area contributed by atoms with Gasteiger partial charge in [-0.15, -0.1) is 0 Å². The van der Waals surface area contributed by atoms with Gasteiger partial charge in [-0.1, -0.05) is 11.2 Å². The molecule has 0 aliphatic carbocycles. The Kier molecular flexibility index (Phi) is 3.02. The Morgan fingerprint density at radius 3 is 2.62 bits per heavy atom. The lowest BCUT2D eigenvalue weighted by Gasteiger charge is -2.00. The third-order valence-corrected chi connectivity index (χ3v) is 2.89. The minimum absolute atomic E-state index is 0.00417. The molecule has 3 aromatic rings. The molecule has 0 saturated heterocycles. The zero-order valence-corrected chi connectivity index (χ0v) is 10.5. The Labute approximate surface area is 117 Å². The first-order chi connectivity index (χ1) is 10.1. The Morgan fingerprint density at radius 2 is 1.90 bits per heavy atom. The second kappa shape index (κ2) is 4.86. The Morgan fingerprint density at radius 1 is 1.10 bits per heavy atom. The molecule has 0 atom stereocenters. The van der Waals surface area contributed by atoms with Gasteiger partial charge in [0.15, 0.2) is 11.6 Å². The van der Waals surface area contributed by atoms with Gasteiger partial charge in [0.05, 0.1) is 5.56 Å². The molecule has 3 rings (SSSR count). The van der Waals surface area contributed by atoms with Crippen molar-refractivity contribution in [3.63, 3.8) is 0 Å². The molecular formula is C14H9F2N3O2. The van der Waals surface area contributed by atoms with E-state index in [4.69, 9.17) is 15.4 Å². The predicted octanol–water partition coefficient (Wildman–Crippen LogP) is 2.97. The van der Waals surface area contributed by atoms with Crippen LogP contribution < -0.4 is 5.73 Å². The predicted molar refractivity (Wildman–Crippen MR) is 71.2 cm³/mol. The van der Waals surface area contributed by atoms with Gasteiger partial charge < -0.3 is 15.4 Å². The van der Waals surface area contributed by atoms with Crippen molar-refractivity contribution in [1.82, 2.24) is 10.1 Å². The van der Waals surface area contributed by atoms with Crippen molar-refractivity contribution in [1.29, 1.82) is 0 Å². The maximum absolute atomic E-state index is 13.8. The molecule has 0 radical (unpaired) electrons. The lowest BCUT2D eigenvalue weighted by Crippen LogP contribution is -1.93. The van der Waals surface area contributed by atoms with Crippen LogP contribution in [0, 0.1) is 11.6 Å². The van der Waals surface area contributed by atoms with E-state index in [1.54, 1.807) is 0 Å². The molecule has 1 aromatic heterocycles. The average molecular weight is 289 g/mol. The van der Waals surface area contributed by atoms with Crippen LogP contribution in [-0.4, -0.2) is 15.2 Å². The van der Waals surface area contributed by atoms with E-state index in [-0.39, 0.29) is 28.5 Å². The number of aromatic nitrogens is 2. The van der Waals surface area contributed by atoms with Gasteiger partial charge in [0.25, 0.3) is 5.89 Å². The lowest BCUT2D eigenvalue weighted by atomic mass is 10.1. The van der Waals surface area contributed by atoms with Crippen molar-refractivity contribution in [3.05, 3.63) is 48.0 Å². The third kappa shape index (κ3) is 2.29. The van der Waals surface area contributed by atoms with Crippen LogP contribution >= 0.6 is 0 Å². The van der Waals surface area contributed by atoms with Crippen LogP contribution in [0.25, 0.3) is 22.8 Å². The fourth-order valence-corrected chi connectivity index (χ4v) is 1.85. The molecule has 3 N–H and O–H groups in total. The molecule has 0 amide bonds.